The summed E-state index contributed by atoms with van der Waals surface area (Å²) in [6.45, 7) is 0.0486. The van der Waals surface area contributed by atoms with Crippen molar-refractivity contribution in [1.82, 2.24) is 30.2 Å². The van der Waals surface area contributed by atoms with Crippen molar-refractivity contribution < 1.29 is 95.5 Å². The van der Waals surface area contributed by atoms with Gasteiger partial charge in [0.2, 0.25) is 16.9 Å². The van der Waals surface area contributed by atoms with Crippen LogP contribution in [0.2, 0.25) is 0 Å². The van der Waals surface area contributed by atoms with Crippen molar-refractivity contribution in [3.8, 4) is 0 Å². The van der Waals surface area contributed by atoms with Crippen LogP contribution in [-0.2, 0) is 55.5 Å². The molecular weight excluding hydrogens is 855 g/mol. The minimum Gasteiger partial charge on any atom is -0.481 e. The Morgan fingerprint density at radius 2 is 1.68 bits per heavy atom. The third-order valence-electron chi connectivity index (χ3n) is 7.65. The van der Waals surface area contributed by atoms with Gasteiger partial charge in [-0.25, -0.2) is 28.6 Å². The molecule has 0 spiro atoms. The number of carbonyl (C=O) groups is 4. The van der Waals surface area contributed by atoms with Gasteiger partial charge in [-0.1, -0.05) is 25.6 Å². The highest BCUT2D eigenvalue weighted by Crippen LogP contribution is 2.61. The number of hydrogen-bond acceptors (Lipinski definition) is 20. The Kier molecular flexibility index (Phi) is 17.2. The molecule has 8 atom stereocenters. The van der Waals surface area contributed by atoms with E-state index >= 15 is 0 Å². The van der Waals surface area contributed by atoms with Gasteiger partial charge in [-0.2, -0.15) is 4.31 Å². The van der Waals surface area contributed by atoms with Crippen LogP contribution in [0.15, 0.2) is 12.7 Å². The number of carboxylic acids is 1. The number of hydrogen-bond donors (Lipinski definition) is 11. The summed E-state index contributed by atoms with van der Waals surface area (Å²) in [5.74, 6) is -2.76. The number of carbonyl (C=O) groups excluding carboxylic acids is 3. The largest absolute Gasteiger partial charge is 0.481 e. The molecule has 3 heterocycles. The first-order valence-corrected chi connectivity index (χ1v) is 21.8. The number of phosphoric ester groups is 3. The fourth-order valence-corrected chi connectivity index (χ4v) is 8.30. The maximum atomic E-state index is 12.7. The fourth-order valence-electron chi connectivity index (χ4n) is 4.76. The number of fused-ring (bicyclic) bond motifs is 1. The summed E-state index contributed by atoms with van der Waals surface area (Å²) < 4.78 is 61.9. The van der Waals surface area contributed by atoms with Gasteiger partial charge in [0.1, 0.15) is 42.4 Å². The Hall–Kier alpha value is -3.01. The summed E-state index contributed by atoms with van der Waals surface area (Å²) in [7, 11) is -16.5. The standard InChI is InChI=1S/C26H42N7O20P3S/c1-26(2,20(39)23(40)29-6-5-15(35)28-7-8-57-25(41)13(34)3-4-16(36)37)10-50-56(47,48)53-55(45,46)49-9-14-19(52-54(42,43)44)18(38)24(51-14)33-12-32-17-21(27)30-11-31-22(17)33/h11-14,18-20,24,34,38-39H,3-10H2,1-2H3,(H,28,35)(H,29,40)(H,36,37)(H,45,46)(H,47,48)(H2,27,30,31)(H2,42,43,44)/t13?,14-,18-,19-,20?,24-/m1/s1. The van der Waals surface area contributed by atoms with Crippen LogP contribution in [0.25, 0.3) is 11.2 Å². The van der Waals surface area contributed by atoms with Crippen molar-refractivity contribution in [3.63, 3.8) is 0 Å². The second kappa shape index (κ2) is 20.3. The molecule has 2 amide bonds. The zero-order valence-corrected chi connectivity index (χ0v) is 33.4. The molecule has 1 fully saturated rings. The number of carboxylic acid groups (broad SMARTS) is 1. The van der Waals surface area contributed by atoms with E-state index in [4.69, 9.17) is 24.6 Å². The number of nitrogens with zero attached hydrogens (tertiary/aromatic N) is 4. The number of imidazole rings is 1. The number of ether oxygens (including phenoxy) is 1. The number of aliphatic hydroxyl groups is 3. The van der Waals surface area contributed by atoms with Gasteiger partial charge in [-0.05, 0) is 6.42 Å². The van der Waals surface area contributed by atoms with Crippen molar-refractivity contribution >= 4 is 75.1 Å². The van der Waals surface area contributed by atoms with E-state index < -0.39 is 108 Å². The second-order valence-electron chi connectivity index (χ2n) is 12.7. The van der Waals surface area contributed by atoms with Crippen molar-refractivity contribution in [2.45, 2.75) is 69.9 Å². The molecule has 4 unspecified atom stereocenters. The van der Waals surface area contributed by atoms with Crippen molar-refractivity contribution in [3.05, 3.63) is 12.7 Å². The van der Waals surface area contributed by atoms with Gasteiger partial charge in [0.05, 0.1) is 19.5 Å². The van der Waals surface area contributed by atoms with Crippen molar-refractivity contribution in [2.24, 2.45) is 5.41 Å². The monoisotopic (exact) mass is 897 g/mol. The van der Waals surface area contributed by atoms with Crippen LogP contribution >= 0.6 is 35.2 Å². The number of anilines is 1. The first-order chi connectivity index (χ1) is 26.3. The Balaban J connectivity index is 1.47. The Bertz CT molecular complexity index is 1900. The van der Waals surface area contributed by atoms with Crippen LogP contribution in [0.1, 0.15) is 39.3 Å². The molecule has 1 saturated heterocycles. The third kappa shape index (κ3) is 15.0. The highest BCUT2D eigenvalue weighted by atomic mass is 32.2. The van der Waals surface area contributed by atoms with Crippen molar-refractivity contribution in [1.29, 1.82) is 0 Å². The lowest BCUT2D eigenvalue weighted by molar-refractivity contribution is -0.138. The molecule has 57 heavy (non-hydrogen) atoms. The summed E-state index contributed by atoms with van der Waals surface area (Å²) in [6.07, 6.45) is -9.31. The number of thioether (sulfide) groups is 1. The molecule has 0 bridgehead atoms. The van der Waals surface area contributed by atoms with E-state index in [9.17, 15) is 67.8 Å². The number of rotatable bonds is 23. The molecule has 0 saturated carbocycles. The lowest BCUT2D eigenvalue weighted by Gasteiger charge is -2.30. The van der Waals surface area contributed by atoms with E-state index in [1.54, 1.807) is 0 Å². The molecule has 1 aliphatic heterocycles. The minimum atomic E-state index is -5.60. The highest BCUT2D eigenvalue weighted by molar-refractivity contribution is 8.13. The predicted molar refractivity (Wildman–Crippen MR) is 190 cm³/mol. The summed E-state index contributed by atoms with van der Waals surface area (Å²) in [5.41, 5.74) is 4.17. The van der Waals surface area contributed by atoms with Gasteiger partial charge in [-0.3, -0.25) is 37.3 Å². The Morgan fingerprint density at radius 3 is 2.33 bits per heavy atom. The SMILES string of the molecule is CC(C)(COP(=O)(O)OP(=O)(O)OC[C@H]1O[C@@H](n2cnc3c(N)ncnc32)[C@H](O)[C@@H]1OP(=O)(O)O)C(O)C(=O)NCCC(=O)NCCSC(=O)C(O)CCC(=O)O. The number of aromatic nitrogens is 4. The molecule has 3 rings (SSSR count). The average molecular weight is 898 g/mol. The molecule has 12 N–H and O–H groups in total. The zero-order chi connectivity index (χ0) is 42.9. The van der Waals surface area contributed by atoms with Gasteiger partial charge in [-0.15, -0.1) is 0 Å². The molecule has 0 aliphatic carbocycles. The van der Waals surface area contributed by atoms with E-state index in [2.05, 4.69) is 34.4 Å². The van der Waals surface area contributed by atoms with Crippen molar-refractivity contribution in [2.75, 3.05) is 37.8 Å². The van der Waals surface area contributed by atoms with Crippen LogP contribution in [0, 0.1) is 5.41 Å². The quantitative estimate of drug-likeness (QED) is 0.0420. The van der Waals surface area contributed by atoms with Crippen LogP contribution in [0.4, 0.5) is 5.82 Å². The first kappa shape index (κ1) is 48.4. The van der Waals surface area contributed by atoms with E-state index in [1.807, 2.05) is 0 Å². The van der Waals surface area contributed by atoms with E-state index in [-0.39, 0.29) is 48.7 Å². The van der Waals surface area contributed by atoms with Gasteiger partial charge < -0.3 is 61.1 Å². The second-order valence-corrected chi connectivity index (χ2v) is 18.0. The van der Waals surface area contributed by atoms with Crippen LogP contribution in [0.3, 0.4) is 0 Å². The number of amides is 2. The number of aliphatic hydroxyl groups excluding tert-OH is 3. The number of nitrogen functional groups attached to an aromatic ring is 1. The summed E-state index contributed by atoms with van der Waals surface area (Å²) in [5, 5.41) is 43.7. The average Bonchev–Trinajstić information content (AvgIpc) is 3.66. The summed E-state index contributed by atoms with van der Waals surface area (Å²) in [6, 6.07) is 0. The fraction of sp³-hybridized carbons (Fsp3) is 0.654. The molecule has 2 aromatic heterocycles. The topological polar surface area (TPSA) is 421 Å². The highest BCUT2D eigenvalue weighted by Gasteiger charge is 2.50. The lowest BCUT2D eigenvalue weighted by Crippen LogP contribution is -2.46. The maximum absolute atomic E-state index is 12.7. The molecule has 0 radical (unpaired) electrons. The van der Waals surface area contributed by atoms with Gasteiger partial charge in [0.15, 0.2) is 17.7 Å². The van der Waals surface area contributed by atoms with Crippen LogP contribution in [0.5, 0.6) is 0 Å². The third-order valence-corrected chi connectivity index (χ3v) is 11.7. The Labute approximate surface area is 326 Å². The maximum Gasteiger partial charge on any atom is 0.481 e. The van der Waals surface area contributed by atoms with Crippen LogP contribution < -0.4 is 16.4 Å². The minimum absolute atomic E-state index is 0.00320. The molecule has 1 aliphatic rings. The summed E-state index contributed by atoms with van der Waals surface area (Å²) >= 11 is 0.687. The number of aliphatic carboxylic acids is 1. The van der Waals surface area contributed by atoms with Crippen LogP contribution in [-0.4, -0.2) is 145 Å². The van der Waals surface area contributed by atoms with Gasteiger partial charge in [0, 0.05) is 37.1 Å². The number of nitrogens with two attached hydrogens (primary N) is 1. The zero-order valence-electron chi connectivity index (χ0n) is 29.9. The predicted octanol–water partition coefficient (Wildman–Crippen LogP) is -2.11. The molecule has 322 valence electrons. The van der Waals surface area contributed by atoms with Gasteiger partial charge >= 0.3 is 29.4 Å². The molecule has 2 aromatic rings. The molecular formula is C26H42N7O20P3S. The van der Waals surface area contributed by atoms with Gasteiger partial charge in [0.25, 0.3) is 0 Å². The lowest BCUT2D eigenvalue weighted by atomic mass is 9.87. The molecule has 31 heteroatoms. The van der Waals surface area contributed by atoms with E-state index in [0.717, 1.165) is 17.2 Å². The molecule has 27 nitrogen and oxygen atoms in total. The van der Waals surface area contributed by atoms with E-state index in [0.29, 0.717) is 11.8 Å². The van der Waals surface area contributed by atoms with E-state index in [1.165, 1.54) is 13.8 Å². The normalized spacial score (nSPS) is 22.0. The number of phosphoric acid groups is 3. The Morgan fingerprint density at radius 1 is 1.02 bits per heavy atom. The first-order valence-electron chi connectivity index (χ1n) is 16.3. The number of nitrogens with one attached hydrogen (secondary N) is 2. The molecule has 0 aromatic carbocycles. The summed E-state index contributed by atoms with van der Waals surface area (Å²) in [4.78, 5) is 97.7. The smallest absolute Gasteiger partial charge is 0.481 e.